The molecular weight excluding hydrogens is 141 g/mol. The molecule has 0 unspecified atom stereocenters. The van der Waals surface area contributed by atoms with Crippen molar-refractivity contribution in [1.82, 2.24) is 0 Å². The SMILES string of the molecule is Cc1c(F)cccc1[C@@H](C)N. The summed E-state index contributed by atoms with van der Waals surface area (Å²) in [4.78, 5) is 0. The normalized spacial score (nSPS) is 13.1. The Kier molecular flexibility index (Phi) is 2.25. The highest BCUT2D eigenvalue weighted by atomic mass is 19.1. The summed E-state index contributed by atoms with van der Waals surface area (Å²) in [5.74, 6) is -0.181. The maximum Gasteiger partial charge on any atom is 0.126 e. The average Bonchev–Trinajstić information content (AvgIpc) is 1.94. The molecular formula is C9H12FN. The maximum absolute atomic E-state index is 12.9. The fourth-order valence-electron chi connectivity index (χ4n) is 1.12. The first-order valence-electron chi connectivity index (χ1n) is 3.63. The van der Waals surface area contributed by atoms with Crippen molar-refractivity contribution in [2.45, 2.75) is 19.9 Å². The minimum Gasteiger partial charge on any atom is -0.324 e. The molecule has 0 spiro atoms. The van der Waals surface area contributed by atoms with E-state index in [2.05, 4.69) is 0 Å². The number of nitrogens with two attached hydrogens (primary N) is 1. The summed E-state index contributed by atoms with van der Waals surface area (Å²) >= 11 is 0. The highest BCUT2D eigenvalue weighted by Crippen LogP contribution is 2.17. The maximum atomic E-state index is 12.9. The number of halogens is 1. The van der Waals surface area contributed by atoms with Gasteiger partial charge in [-0.05, 0) is 31.0 Å². The fourth-order valence-corrected chi connectivity index (χ4v) is 1.12. The Morgan fingerprint density at radius 1 is 1.45 bits per heavy atom. The predicted octanol–water partition coefficient (Wildman–Crippen LogP) is 2.15. The Morgan fingerprint density at radius 2 is 2.09 bits per heavy atom. The van der Waals surface area contributed by atoms with Crippen LogP contribution in [0.2, 0.25) is 0 Å². The molecule has 0 aromatic heterocycles. The van der Waals surface area contributed by atoms with E-state index in [1.807, 2.05) is 13.0 Å². The second kappa shape index (κ2) is 3.01. The van der Waals surface area contributed by atoms with Gasteiger partial charge in [0.05, 0.1) is 0 Å². The lowest BCUT2D eigenvalue weighted by molar-refractivity contribution is 0.611. The van der Waals surface area contributed by atoms with Gasteiger partial charge in [0.15, 0.2) is 0 Å². The quantitative estimate of drug-likeness (QED) is 0.657. The van der Waals surface area contributed by atoms with Gasteiger partial charge < -0.3 is 5.73 Å². The Balaban J connectivity index is 3.17. The van der Waals surface area contributed by atoms with Crippen LogP contribution in [0, 0.1) is 12.7 Å². The van der Waals surface area contributed by atoms with Crippen molar-refractivity contribution in [3.05, 3.63) is 35.1 Å². The van der Waals surface area contributed by atoms with Crippen LogP contribution in [0.5, 0.6) is 0 Å². The third kappa shape index (κ3) is 1.57. The second-order valence-corrected chi connectivity index (χ2v) is 2.74. The van der Waals surface area contributed by atoms with Crippen LogP contribution in [-0.4, -0.2) is 0 Å². The summed E-state index contributed by atoms with van der Waals surface area (Å²) in [5.41, 5.74) is 7.15. The molecule has 1 atom stereocenters. The fraction of sp³-hybridized carbons (Fsp3) is 0.333. The zero-order valence-corrected chi connectivity index (χ0v) is 6.76. The lowest BCUT2D eigenvalue weighted by Crippen LogP contribution is -2.07. The van der Waals surface area contributed by atoms with Crippen LogP contribution in [-0.2, 0) is 0 Å². The summed E-state index contributed by atoms with van der Waals surface area (Å²) in [7, 11) is 0. The van der Waals surface area contributed by atoms with Gasteiger partial charge in [0.2, 0.25) is 0 Å². The third-order valence-corrected chi connectivity index (χ3v) is 1.80. The molecule has 0 radical (unpaired) electrons. The Bertz CT molecular complexity index is 256. The topological polar surface area (TPSA) is 26.0 Å². The summed E-state index contributed by atoms with van der Waals surface area (Å²) in [6, 6.07) is 4.89. The molecule has 1 aromatic rings. The van der Waals surface area contributed by atoms with Crippen LogP contribution < -0.4 is 5.73 Å². The molecule has 0 amide bonds. The van der Waals surface area contributed by atoms with Gasteiger partial charge in [-0.3, -0.25) is 0 Å². The Hall–Kier alpha value is -0.890. The van der Waals surface area contributed by atoms with E-state index in [-0.39, 0.29) is 11.9 Å². The van der Waals surface area contributed by atoms with Crippen molar-refractivity contribution in [1.29, 1.82) is 0 Å². The van der Waals surface area contributed by atoms with Crippen LogP contribution >= 0.6 is 0 Å². The zero-order valence-electron chi connectivity index (χ0n) is 6.76. The standard InChI is InChI=1S/C9H12FN/c1-6-8(7(2)11)4-3-5-9(6)10/h3-5,7H,11H2,1-2H3/t7-/m1/s1. The highest BCUT2D eigenvalue weighted by molar-refractivity contribution is 5.29. The van der Waals surface area contributed by atoms with Gasteiger partial charge in [-0.15, -0.1) is 0 Å². The Morgan fingerprint density at radius 3 is 2.55 bits per heavy atom. The van der Waals surface area contributed by atoms with E-state index in [9.17, 15) is 4.39 Å². The molecule has 0 fully saturated rings. The second-order valence-electron chi connectivity index (χ2n) is 2.74. The van der Waals surface area contributed by atoms with Crippen molar-refractivity contribution in [3.8, 4) is 0 Å². The monoisotopic (exact) mass is 153 g/mol. The smallest absolute Gasteiger partial charge is 0.126 e. The lowest BCUT2D eigenvalue weighted by Gasteiger charge is -2.09. The molecule has 0 aliphatic rings. The molecule has 0 saturated carbocycles. The number of hydrogen-bond acceptors (Lipinski definition) is 1. The van der Waals surface area contributed by atoms with Gasteiger partial charge in [0.1, 0.15) is 5.82 Å². The van der Waals surface area contributed by atoms with Crippen molar-refractivity contribution in [2.75, 3.05) is 0 Å². The van der Waals surface area contributed by atoms with Crippen LogP contribution in [0.1, 0.15) is 24.1 Å². The number of hydrogen-bond donors (Lipinski definition) is 1. The van der Waals surface area contributed by atoms with Gasteiger partial charge in [-0.1, -0.05) is 12.1 Å². The summed E-state index contributed by atoms with van der Waals surface area (Å²) < 4.78 is 12.9. The lowest BCUT2D eigenvalue weighted by atomic mass is 10.0. The van der Waals surface area contributed by atoms with Gasteiger partial charge >= 0.3 is 0 Å². The Labute approximate surface area is 66.0 Å². The summed E-state index contributed by atoms with van der Waals surface area (Å²) in [5, 5.41) is 0. The average molecular weight is 153 g/mol. The van der Waals surface area contributed by atoms with Crippen LogP contribution in [0.3, 0.4) is 0 Å². The molecule has 0 heterocycles. The van der Waals surface area contributed by atoms with E-state index >= 15 is 0 Å². The largest absolute Gasteiger partial charge is 0.324 e. The summed E-state index contributed by atoms with van der Waals surface area (Å²) in [6.45, 7) is 3.59. The molecule has 0 bridgehead atoms. The van der Waals surface area contributed by atoms with Gasteiger partial charge in [-0.25, -0.2) is 4.39 Å². The highest BCUT2D eigenvalue weighted by Gasteiger charge is 2.05. The number of rotatable bonds is 1. The zero-order chi connectivity index (χ0) is 8.43. The van der Waals surface area contributed by atoms with E-state index < -0.39 is 0 Å². The van der Waals surface area contributed by atoms with E-state index in [0.717, 1.165) is 5.56 Å². The van der Waals surface area contributed by atoms with Crippen molar-refractivity contribution in [2.24, 2.45) is 5.73 Å². The first-order valence-corrected chi connectivity index (χ1v) is 3.63. The third-order valence-electron chi connectivity index (χ3n) is 1.80. The molecule has 2 N–H and O–H groups in total. The molecule has 1 nitrogen and oxygen atoms in total. The van der Waals surface area contributed by atoms with Crippen molar-refractivity contribution < 1.29 is 4.39 Å². The van der Waals surface area contributed by atoms with Gasteiger partial charge in [-0.2, -0.15) is 0 Å². The minimum atomic E-state index is -0.181. The van der Waals surface area contributed by atoms with E-state index in [1.54, 1.807) is 13.0 Å². The van der Waals surface area contributed by atoms with Crippen LogP contribution in [0.4, 0.5) is 4.39 Å². The van der Waals surface area contributed by atoms with E-state index in [1.165, 1.54) is 6.07 Å². The molecule has 60 valence electrons. The van der Waals surface area contributed by atoms with Crippen LogP contribution in [0.15, 0.2) is 18.2 Å². The molecule has 2 heteroatoms. The van der Waals surface area contributed by atoms with Crippen molar-refractivity contribution >= 4 is 0 Å². The molecule has 1 aromatic carbocycles. The summed E-state index contributed by atoms with van der Waals surface area (Å²) in [6.07, 6.45) is 0. The molecule has 0 aliphatic heterocycles. The first-order chi connectivity index (χ1) is 5.13. The molecule has 1 rings (SSSR count). The minimum absolute atomic E-state index is 0.0919. The van der Waals surface area contributed by atoms with Gasteiger partial charge in [0, 0.05) is 6.04 Å². The van der Waals surface area contributed by atoms with E-state index in [4.69, 9.17) is 5.73 Å². The number of benzene rings is 1. The van der Waals surface area contributed by atoms with Crippen molar-refractivity contribution in [3.63, 3.8) is 0 Å². The molecule has 0 aliphatic carbocycles. The predicted molar refractivity (Wildman–Crippen MR) is 43.7 cm³/mol. The van der Waals surface area contributed by atoms with Crippen LogP contribution in [0.25, 0.3) is 0 Å². The van der Waals surface area contributed by atoms with Gasteiger partial charge in [0.25, 0.3) is 0 Å². The van der Waals surface area contributed by atoms with E-state index in [0.29, 0.717) is 5.56 Å². The molecule has 0 saturated heterocycles. The first kappa shape index (κ1) is 8.21. The molecule has 11 heavy (non-hydrogen) atoms.